The Morgan fingerprint density at radius 2 is 1.57 bits per heavy atom. The smallest absolute Gasteiger partial charge is 0.0894 e. The average Bonchev–Trinajstić information content (AvgIpc) is 2.00. The number of nitrogens with one attached hydrogen (secondary N) is 1. The van der Waals surface area contributed by atoms with Crippen LogP contribution in [0.15, 0.2) is 0 Å². The second-order valence-corrected chi connectivity index (χ2v) is 4.91. The maximum Gasteiger partial charge on any atom is 0.0894 e. The van der Waals surface area contributed by atoms with Gasteiger partial charge in [0.1, 0.15) is 0 Å². The molecule has 0 radical (unpaired) electrons. The molecule has 14 heavy (non-hydrogen) atoms. The molecule has 0 aliphatic heterocycles. The van der Waals surface area contributed by atoms with Gasteiger partial charge in [-0.15, -0.1) is 0 Å². The van der Waals surface area contributed by atoms with Crippen molar-refractivity contribution in [1.29, 1.82) is 0 Å². The van der Waals surface area contributed by atoms with E-state index >= 15 is 0 Å². The molecular weight excluding hydrogens is 182 g/mol. The highest BCUT2D eigenvalue weighted by molar-refractivity contribution is 4.70. The van der Waals surface area contributed by atoms with Gasteiger partial charge in [-0.2, -0.15) is 0 Å². The molecule has 0 fully saturated rings. The van der Waals surface area contributed by atoms with E-state index < -0.39 is 12.2 Å². The lowest BCUT2D eigenvalue weighted by Gasteiger charge is -2.22. The summed E-state index contributed by atoms with van der Waals surface area (Å²) in [6, 6.07) is 0. The van der Waals surface area contributed by atoms with Crippen molar-refractivity contribution < 1.29 is 15.3 Å². The summed E-state index contributed by atoms with van der Waals surface area (Å²) in [5, 5.41) is 30.0. The van der Waals surface area contributed by atoms with E-state index in [2.05, 4.69) is 26.1 Å². The molecule has 0 aromatic rings. The molecule has 1 unspecified atom stereocenters. The van der Waals surface area contributed by atoms with Crippen LogP contribution in [0.1, 0.15) is 27.2 Å². The van der Waals surface area contributed by atoms with Gasteiger partial charge < -0.3 is 20.6 Å². The zero-order valence-electron chi connectivity index (χ0n) is 9.32. The summed E-state index contributed by atoms with van der Waals surface area (Å²) >= 11 is 0. The Hall–Kier alpha value is -0.160. The van der Waals surface area contributed by atoms with Gasteiger partial charge in [-0.3, -0.25) is 0 Å². The third-order valence-corrected chi connectivity index (χ3v) is 1.82. The first-order valence-corrected chi connectivity index (χ1v) is 5.03. The quantitative estimate of drug-likeness (QED) is 0.481. The van der Waals surface area contributed by atoms with Crippen LogP contribution in [0.5, 0.6) is 0 Å². The Morgan fingerprint density at radius 3 is 2.00 bits per heavy atom. The van der Waals surface area contributed by atoms with Crippen molar-refractivity contribution in [2.24, 2.45) is 5.41 Å². The first-order chi connectivity index (χ1) is 6.35. The van der Waals surface area contributed by atoms with Gasteiger partial charge in [0, 0.05) is 13.1 Å². The van der Waals surface area contributed by atoms with Gasteiger partial charge >= 0.3 is 0 Å². The van der Waals surface area contributed by atoms with Crippen molar-refractivity contribution in [2.45, 2.75) is 39.4 Å². The predicted octanol–water partition coefficient (Wildman–Crippen LogP) is -0.274. The molecule has 2 atom stereocenters. The third-order valence-electron chi connectivity index (χ3n) is 1.82. The summed E-state index contributed by atoms with van der Waals surface area (Å²) in [4.78, 5) is 0. The first kappa shape index (κ1) is 13.8. The van der Waals surface area contributed by atoms with Crippen molar-refractivity contribution in [2.75, 3.05) is 19.7 Å². The molecule has 0 aromatic carbocycles. The van der Waals surface area contributed by atoms with E-state index in [1.54, 1.807) is 0 Å². The maximum absolute atomic E-state index is 9.56. The van der Waals surface area contributed by atoms with E-state index in [1.165, 1.54) is 0 Å². The summed E-state index contributed by atoms with van der Waals surface area (Å²) in [5.41, 5.74) is 0.108. The Balaban J connectivity index is 3.50. The molecule has 0 heterocycles. The lowest BCUT2D eigenvalue weighted by atomic mass is 9.89. The van der Waals surface area contributed by atoms with Gasteiger partial charge in [-0.1, -0.05) is 20.8 Å². The van der Waals surface area contributed by atoms with Crippen LogP contribution in [-0.2, 0) is 0 Å². The Bertz CT molecular complexity index is 145. The van der Waals surface area contributed by atoms with Crippen LogP contribution in [0, 0.1) is 5.41 Å². The predicted molar refractivity (Wildman–Crippen MR) is 56.0 cm³/mol. The van der Waals surface area contributed by atoms with E-state index in [0.717, 1.165) is 6.42 Å². The number of hydrogen-bond donors (Lipinski definition) is 4. The van der Waals surface area contributed by atoms with Crippen LogP contribution in [-0.4, -0.2) is 47.2 Å². The van der Waals surface area contributed by atoms with Crippen LogP contribution in [0.25, 0.3) is 0 Å². The molecule has 0 saturated carbocycles. The Kier molecular flexibility index (Phi) is 6.27. The van der Waals surface area contributed by atoms with Gasteiger partial charge in [0.25, 0.3) is 0 Å². The van der Waals surface area contributed by atoms with E-state index in [0.29, 0.717) is 13.1 Å². The summed E-state index contributed by atoms with van der Waals surface area (Å²) in [7, 11) is 0. The molecule has 4 heteroatoms. The van der Waals surface area contributed by atoms with E-state index in [1.807, 2.05) is 0 Å². The highest BCUT2D eigenvalue weighted by Gasteiger charge is 2.16. The summed E-state index contributed by atoms with van der Waals surface area (Å²) in [6.07, 6.45) is -0.424. The third kappa shape index (κ3) is 8.44. The van der Waals surface area contributed by atoms with Crippen molar-refractivity contribution in [3.8, 4) is 0 Å². The van der Waals surface area contributed by atoms with Gasteiger partial charge in [0.05, 0.1) is 18.8 Å². The molecular formula is C10H23NO3. The highest BCUT2D eigenvalue weighted by atomic mass is 16.3. The minimum absolute atomic E-state index is 0.108. The minimum atomic E-state index is -0.739. The molecule has 0 spiro atoms. The van der Waals surface area contributed by atoms with Crippen molar-refractivity contribution in [3.05, 3.63) is 0 Å². The summed E-state index contributed by atoms with van der Waals surface area (Å²) < 4.78 is 0. The summed E-state index contributed by atoms with van der Waals surface area (Å²) in [5.74, 6) is 0. The lowest BCUT2D eigenvalue weighted by molar-refractivity contribution is 0.0829. The Labute approximate surface area is 86.0 Å². The Morgan fingerprint density at radius 1 is 1.07 bits per heavy atom. The minimum Gasteiger partial charge on any atom is -0.394 e. The fraction of sp³-hybridized carbons (Fsp3) is 1.00. The molecule has 0 aliphatic carbocycles. The maximum atomic E-state index is 9.56. The molecule has 0 saturated heterocycles. The van der Waals surface area contributed by atoms with Crippen LogP contribution in [0.3, 0.4) is 0 Å². The topological polar surface area (TPSA) is 72.7 Å². The molecule has 0 aromatic heterocycles. The van der Waals surface area contributed by atoms with Gasteiger partial charge in [-0.05, 0) is 11.8 Å². The first-order valence-electron chi connectivity index (χ1n) is 5.03. The molecule has 0 bridgehead atoms. The molecule has 4 nitrogen and oxygen atoms in total. The molecule has 0 aliphatic rings. The second kappa shape index (κ2) is 6.35. The lowest BCUT2D eigenvalue weighted by Crippen LogP contribution is -2.36. The van der Waals surface area contributed by atoms with Gasteiger partial charge in [0.2, 0.25) is 0 Å². The summed E-state index contributed by atoms with van der Waals surface area (Å²) in [6.45, 7) is 6.73. The number of aliphatic hydroxyl groups is 3. The number of rotatable bonds is 6. The molecule has 0 rings (SSSR count). The van der Waals surface area contributed by atoms with Crippen LogP contribution < -0.4 is 5.32 Å². The highest BCUT2D eigenvalue weighted by Crippen LogP contribution is 2.20. The van der Waals surface area contributed by atoms with Gasteiger partial charge in [0.15, 0.2) is 0 Å². The SMILES string of the molecule is CC(C)(C)CC(O)CNC[C@H](O)CO. The van der Waals surface area contributed by atoms with Crippen LogP contribution in [0.2, 0.25) is 0 Å². The molecule has 0 amide bonds. The van der Waals surface area contributed by atoms with Crippen LogP contribution >= 0.6 is 0 Å². The fourth-order valence-corrected chi connectivity index (χ4v) is 1.26. The van der Waals surface area contributed by atoms with E-state index in [-0.39, 0.29) is 12.0 Å². The molecule has 4 N–H and O–H groups in total. The van der Waals surface area contributed by atoms with Crippen molar-refractivity contribution in [1.82, 2.24) is 5.32 Å². The monoisotopic (exact) mass is 205 g/mol. The van der Waals surface area contributed by atoms with Crippen molar-refractivity contribution in [3.63, 3.8) is 0 Å². The standard InChI is InChI=1S/C10H23NO3/c1-10(2,3)4-8(13)5-11-6-9(14)7-12/h8-9,11-14H,4-7H2,1-3H3/t8?,9-/m0/s1. The zero-order valence-corrected chi connectivity index (χ0v) is 9.32. The molecule has 86 valence electrons. The van der Waals surface area contributed by atoms with Crippen LogP contribution in [0.4, 0.5) is 0 Å². The van der Waals surface area contributed by atoms with Gasteiger partial charge in [-0.25, -0.2) is 0 Å². The van der Waals surface area contributed by atoms with E-state index in [9.17, 15) is 5.11 Å². The van der Waals surface area contributed by atoms with E-state index in [4.69, 9.17) is 10.2 Å². The number of aliphatic hydroxyl groups excluding tert-OH is 3. The van der Waals surface area contributed by atoms with Crippen molar-refractivity contribution >= 4 is 0 Å². The fourth-order valence-electron chi connectivity index (χ4n) is 1.26. The average molecular weight is 205 g/mol. The normalized spacial score (nSPS) is 16.7. The zero-order chi connectivity index (χ0) is 11.2. The number of hydrogen-bond acceptors (Lipinski definition) is 4. The second-order valence-electron chi connectivity index (χ2n) is 4.91. The largest absolute Gasteiger partial charge is 0.394 e.